The van der Waals surface area contributed by atoms with Crippen molar-refractivity contribution in [1.82, 2.24) is 19.8 Å². The van der Waals surface area contributed by atoms with Gasteiger partial charge >= 0.3 is 6.03 Å². The van der Waals surface area contributed by atoms with Crippen molar-refractivity contribution in [2.24, 2.45) is 0 Å². The fraction of sp³-hybridized carbons (Fsp3) is 0.375. The first-order chi connectivity index (χ1) is 15.4. The summed E-state index contributed by atoms with van der Waals surface area (Å²) in [6, 6.07) is 13.3. The van der Waals surface area contributed by atoms with E-state index in [-0.39, 0.29) is 11.9 Å². The second-order valence-electron chi connectivity index (χ2n) is 8.41. The molecule has 1 saturated heterocycles. The topological polar surface area (TPSA) is 99.5 Å². The Bertz CT molecular complexity index is 1090. The summed E-state index contributed by atoms with van der Waals surface area (Å²) in [7, 11) is 0. The SMILES string of the molecule is CC(=O)n1ccc2c(NC(=O)NCCN3CCC(O)(Cc4ccccc4)CC3)ccnc21. The number of rotatable bonds is 6. The summed E-state index contributed by atoms with van der Waals surface area (Å²) in [5.74, 6) is -0.133. The average Bonchev–Trinajstić information content (AvgIpc) is 3.21. The van der Waals surface area contributed by atoms with Crippen molar-refractivity contribution in [1.29, 1.82) is 0 Å². The van der Waals surface area contributed by atoms with Gasteiger partial charge in [0, 0.05) is 57.3 Å². The third-order valence-electron chi connectivity index (χ3n) is 6.05. The zero-order chi connectivity index (χ0) is 22.6. The molecule has 1 fully saturated rings. The number of likely N-dealkylation sites (tertiary alicyclic amines) is 1. The van der Waals surface area contributed by atoms with Crippen LogP contribution < -0.4 is 10.6 Å². The average molecular weight is 436 g/mol. The van der Waals surface area contributed by atoms with Crippen LogP contribution in [0, 0.1) is 0 Å². The number of aliphatic hydroxyl groups is 1. The van der Waals surface area contributed by atoms with Crippen molar-refractivity contribution < 1.29 is 14.7 Å². The highest BCUT2D eigenvalue weighted by Crippen LogP contribution is 2.26. The quantitative estimate of drug-likeness (QED) is 0.553. The summed E-state index contributed by atoms with van der Waals surface area (Å²) in [6.07, 6.45) is 5.33. The van der Waals surface area contributed by atoms with E-state index in [2.05, 4.69) is 32.7 Å². The summed E-state index contributed by atoms with van der Waals surface area (Å²) >= 11 is 0. The Morgan fingerprint density at radius 3 is 2.59 bits per heavy atom. The van der Waals surface area contributed by atoms with Gasteiger partial charge in [0.15, 0.2) is 0 Å². The Morgan fingerprint density at radius 2 is 1.88 bits per heavy atom. The Balaban J connectivity index is 1.23. The minimum atomic E-state index is -0.661. The molecule has 2 aromatic heterocycles. The molecule has 1 aliphatic rings. The van der Waals surface area contributed by atoms with Gasteiger partial charge in [0.05, 0.1) is 11.3 Å². The monoisotopic (exact) mass is 435 g/mol. The lowest BCUT2D eigenvalue weighted by Gasteiger charge is -2.38. The third kappa shape index (κ3) is 5.15. The molecule has 3 N–H and O–H groups in total. The standard InChI is InChI=1S/C24H29N5O3/c1-18(30)29-13-8-20-21(7-11-25-22(20)29)27-23(31)26-12-16-28-14-9-24(32,10-15-28)17-19-5-3-2-4-6-19/h2-8,11,13,32H,9-10,12,14-17H2,1H3,(H2,25,26,27,31). The van der Waals surface area contributed by atoms with Crippen LogP contribution in [-0.4, -0.2) is 63.3 Å². The van der Waals surface area contributed by atoms with E-state index in [1.165, 1.54) is 11.5 Å². The lowest BCUT2D eigenvalue weighted by molar-refractivity contribution is -0.0201. The third-order valence-corrected chi connectivity index (χ3v) is 6.05. The van der Waals surface area contributed by atoms with Crippen molar-refractivity contribution in [3.8, 4) is 0 Å². The molecular weight excluding hydrogens is 406 g/mol. The Labute approximate surface area is 187 Å². The zero-order valence-corrected chi connectivity index (χ0v) is 18.3. The number of carbonyl (C=O) groups is 2. The number of aromatic nitrogens is 2. The van der Waals surface area contributed by atoms with E-state index in [0.717, 1.165) is 38.0 Å². The van der Waals surface area contributed by atoms with Gasteiger partial charge in [-0.15, -0.1) is 0 Å². The summed E-state index contributed by atoms with van der Waals surface area (Å²) < 4.78 is 1.45. The number of urea groups is 1. The van der Waals surface area contributed by atoms with Gasteiger partial charge < -0.3 is 20.6 Å². The highest BCUT2D eigenvalue weighted by molar-refractivity contribution is 6.01. The van der Waals surface area contributed by atoms with Crippen LogP contribution in [0.1, 0.15) is 30.1 Å². The van der Waals surface area contributed by atoms with Crippen LogP contribution in [0.25, 0.3) is 11.0 Å². The minimum Gasteiger partial charge on any atom is -0.389 e. The summed E-state index contributed by atoms with van der Waals surface area (Å²) in [6.45, 7) is 4.30. The van der Waals surface area contributed by atoms with Crippen molar-refractivity contribution in [2.45, 2.75) is 31.8 Å². The molecule has 168 valence electrons. The molecule has 8 heteroatoms. The van der Waals surface area contributed by atoms with Gasteiger partial charge in [0.1, 0.15) is 5.65 Å². The second-order valence-corrected chi connectivity index (χ2v) is 8.41. The number of nitrogens with zero attached hydrogens (tertiary/aromatic N) is 3. The van der Waals surface area contributed by atoms with E-state index in [9.17, 15) is 14.7 Å². The molecule has 32 heavy (non-hydrogen) atoms. The van der Waals surface area contributed by atoms with E-state index in [1.54, 1.807) is 24.5 Å². The number of carbonyl (C=O) groups excluding carboxylic acids is 2. The molecular formula is C24H29N5O3. The van der Waals surface area contributed by atoms with E-state index in [4.69, 9.17) is 0 Å². The molecule has 3 heterocycles. The van der Waals surface area contributed by atoms with Gasteiger partial charge in [-0.1, -0.05) is 30.3 Å². The van der Waals surface area contributed by atoms with Crippen LogP contribution in [0.2, 0.25) is 0 Å². The molecule has 0 saturated carbocycles. The highest BCUT2D eigenvalue weighted by Gasteiger charge is 2.32. The molecule has 0 atom stereocenters. The molecule has 0 radical (unpaired) electrons. The van der Waals surface area contributed by atoms with Gasteiger partial charge in [-0.2, -0.15) is 0 Å². The van der Waals surface area contributed by atoms with Gasteiger partial charge in [0.2, 0.25) is 5.91 Å². The number of pyridine rings is 1. The first kappa shape index (κ1) is 22.0. The summed E-state index contributed by atoms with van der Waals surface area (Å²) in [5.41, 5.74) is 1.62. The molecule has 2 amide bonds. The van der Waals surface area contributed by atoms with Crippen molar-refractivity contribution in [2.75, 3.05) is 31.5 Å². The van der Waals surface area contributed by atoms with Crippen LogP contribution in [-0.2, 0) is 6.42 Å². The number of hydrogen-bond donors (Lipinski definition) is 3. The second kappa shape index (κ2) is 9.50. The van der Waals surface area contributed by atoms with E-state index in [1.807, 2.05) is 18.2 Å². The summed E-state index contributed by atoms with van der Waals surface area (Å²) in [4.78, 5) is 30.5. The van der Waals surface area contributed by atoms with Crippen molar-refractivity contribution in [3.05, 3.63) is 60.4 Å². The first-order valence-corrected chi connectivity index (χ1v) is 10.9. The lowest BCUT2D eigenvalue weighted by Crippen LogP contribution is -2.47. The highest BCUT2D eigenvalue weighted by atomic mass is 16.3. The van der Waals surface area contributed by atoms with E-state index in [0.29, 0.717) is 29.7 Å². The van der Waals surface area contributed by atoms with Crippen LogP contribution in [0.5, 0.6) is 0 Å². The number of nitrogens with one attached hydrogen (secondary N) is 2. The van der Waals surface area contributed by atoms with E-state index >= 15 is 0 Å². The Morgan fingerprint density at radius 1 is 1.12 bits per heavy atom. The predicted molar refractivity (Wildman–Crippen MR) is 124 cm³/mol. The van der Waals surface area contributed by atoms with Gasteiger partial charge in [0.25, 0.3) is 0 Å². The molecule has 1 aliphatic heterocycles. The maximum atomic E-state index is 12.4. The largest absolute Gasteiger partial charge is 0.389 e. The predicted octanol–water partition coefficient (Wildman–Crippen LogP) is 2.89. The number of piperidine rings is 1. The molecule has 0 aliphatic carbocycles. The number of fused-ring (bicyclic) bond motifs is 1. The van der Waals surface area contributed by atoms with Crippen LogP contribution in [0.3, 0.4) is 0 Å². The van der Waals surface area contributed by atoms with Crippen LogP contribution >= 0.6 is 0 Å². The van der Waals surface area contributed by atoms with Gasteiger partial charge in [-0.05, 0) is 30.5 Å². The van der Waals surface area contributed by atoms with Crippen molar-refractivity contribution >= 4 is 28.7 Å². The normalized spacial score (nSPS) is 16.1. The number of anilines is 1. The Kier molecular flexibility index (Phi) is 6.53. The van der Waals surface area contributed by atoms with Crippen LogP contribution in [0.15, 0.2) is 54.9 Å². The molecule has 0 spiro atoms. The molecule has 8 nitrogen and oxygen atoms in total. The first-order valence-electron chi connectivity index (χ1n) is 10.9. The van der Waals surface area contributed by atoms with Gasteiger partial charge in [-0.3, -0.25) is 9.36 Å². The number of hydrogen-bond acceptors (Lipinski definition) is 5. The maximum absolute atomic E-state index is 12.4. The van der Waals surface area contributed by atoms with Gasteiger partial charge in [-0.25, -0.2) is 9.78 Å². The van der Waals surface area contributed by atoms with Crippen LogP contribution in [0.4, 0.5) is 10.5 Å². The number of amides is 2. The smallest absolute Gasteiger partial charge is 0.319 e. The summed E-state index contributed by atoms with van der Waals surface area (Å²) in [5, 5.41) is 17.3. The lowest BCUT2D eigenvalue weighted by atomic mass is 9.85. The molecule has 3 aromatic rings. The fourth-order valence-electron chi connectivity index (χ4n) is 4.24. The van der Waals surface area contributed by atoms with Crippen molar-refractivity contribution in [3.63, 3.8) is 0 Å². The Hall–Kier alpha value is -3.23. The molecule has 0 bridgehead atoms. The van der Waals surface area contributed by atoms with E-state index < -0.39 is 5.60 Å². The fourth-order valence-corrected chi connectivity index (χ4v) is 4.24. The molecule has 1 aromatic carbocycles. The molecule has 4 rings (SSSR count). The minimum absolute atomic E-state index is 0.133. The zero-order valence-electron chi connectivity index (χ0n) is 18.3. The molecule has 0 unspecified atom stereocenters. The maximum Gasteiger partial charge on any atom is 0.319 e. The number of benzene rings is 1.